The van der Waals surface area contributed by atoms with Gasteiger partial charge in [-0.2, -0.15) is 5.26 Å². The first-order chi connectivity index (χ1) is 9.46. The van der Waals surface area contributed by atoms with Crippen LogP contribution in [0.3, 0.4) is 0 Å². The van der Waals surface area contributed by atoms with Crippen molar-refractivity contribution in [3.63, 3.8) is 0 Å². The van der Waals surface area contributed by atoms with Crippen molar-refractivity contribution >= 4 is 21.7 Å². The Balaban J connectivity index is 2.02. The number of carbonyl (C=O) groups excluding carboxylic acids is 2. The summed E-state index contributed by atoms with van der Waals surface area (Å²) in [4.78, 5) is 25.0. The molecule has 1 aromatic rings. The summed E-state index contributed by atoms with van der Waals surface area (Å²) in [6, 6.07) is 8.07. The van der Waals surface area contributed by atoms with E-state index >= 15 is 0 Å². The van der Waals surface area contributed by atoms with Crippen LogP contribution in [0.15, 0.2) is 24.3 Å². The van der Waals surface area contributed by atoms with Crippen molar-refractivity contribution in [3.05, 3.63) is 35.4 Å². The van der Waals surface area contributed by atoms with E-state index in [1.54, 1.807) is 30.3 Å². The number of imide groups is 1. The number of carbonyl (C=O) groups is 2. The molecule has 0 bridgehead atoms. The van der Waals surface area contributed by atoms with Crippen LogP contribution >= 0.6 is 0 Å². The fourth-order valence-electron chi connectivity index (χ4n) is 2.06. The lowest BCUT2D eigenvalue weighted by atomic mass is 10.1. The Hall–Kier alpha value is -2.20. The number of nitriles is 1. The van der Waals surface area contributed by atoms with Gasteiger partial charge in [0.05, 0.1) is 22.9 Å². The molecule has 0 saturated carbocycles. The van der Waals surface area contributed by atoms with Crippen LogP contribution in [0.25, 0.3) is 0 Å². The fourth-order valence-corrected chi connectivity index (χ4v) is 2.97. The molecule has 104 valence electrons. The topological polar surface area (TPSA) is 95.3 Å². The second-order valence-corrected chi connectivity index (χ2v) is 6.60. The minimum absolute atomic E-state index is 0.0387. The number of amides is 2. The molecule has 0 aromatic heterocycles. The summed E-state index contributed by atoms with van der Waals surface area (Å²) in [5.74, 6) is -1.56. The maximum atomic E-state index is 12.0. The van der Waals surface area contributed by atoms with Crippen LogP contribution in [0, 0.1) is 11.3 Å². The monoisotopic (exact) mass is 292 g/mol. The largest absolute Gasteiger partial charge is 0.274 e. The highest BCUT2D eigenvalue weighted by atomic mass is 32.2. The van der Waals surface area contributed by atoms with Gasteiger partial charge in [0.2, 0.25) is 0 Å². The smallest absolute Gasteiger partial charge is 0.261 e. The van der Waals surface area contributed by atoms with Crippen LogP contribution in [-0.4, -0.2) is 43.2 Å². The van der Waals surface area contributed by atoms with E-state index in [4.69, 9.17) is 5.26 Å². The van der Waals surface area contributed by atoms with Gasteiger partial charge >= 0.3 is 0 Å². The molecular weight excluding hydrogens is 280 g/mol. The Morgan fingerprint density at radius 3 is 2.15 bits per heavy atom. The molecule has 0 N–H and O–H groups in total. The first kappa shape index (κ1) is 14.2. The predicted molar refractivity (Wildman–Crippen MR) is 70.7 cm³/mol. The molecule has 0 spiro atoms. The summed E-state index contributed by atoms with van der Waals surface area (Å²) in [6.45, 7) is 0.0387. The van der Waals surface area contributed by atoms with Gasteiger partial charge in [0.1, 0.15) is 5.75 Å². The molecule has 0 atom stereocenters. The zero-order valence-electron chi connectivity index (χ0n) is 10.6. The average Bonchev–Trinajstić information content (AvgIpc) is 2.64. The van der Waals surface area contributed by atoms with Crippen molar-refractivity contribution in [2.45, 2.75) is 6.42 Å². The molecular formula is C13H12N2O4S. The summed E-state index contributed by atoms with van der Waals surface area (Å²) in [5, 5.41) is 8.37. The zero-order chi connectivity index (χ0) is 14.8. The molecule has 0 aliphatic carbocycles. The SMILES string of the molecule is N#CCS(=O)(=O)CCCN1C(=O)c2ccccc2C1=O. The van der Waals surface area contributed by atoms with E-state index in [1.807, 2.05) is 0 Å². The van der Waals surface area contributed by atoms with Gasteiger partial charge in [-0.1, -0.05) is 12.1 Å². The molecule has 2 amide bonds. The van der Waals surface area contributed by atoms with Gasteiger partial charge in [-0.25, -0.2) is 8.42 Å². The van der Waals surface area contributed by atoms with Gasteiger partial charge in [-0.15, -0.1) is 0 Å². The van der Waals surface area contributed by atoms with E-state index in [-0.39, 0.29) is 18.7 Å². The van der Waals surface area contributed by atoms with Crippen molar-refractivity contribution in [2.24, 2.45) is 0 Å². The molecule has 1 aromatic carbocycles. The average molecular weight is 292 g/mol. The van der Waals surface area contributed by atoms with Crippen LogP contribution in [0.2, 0.25) is 0 Å². The van der Waals surface area contributed by atoms with E-state index in [0.717, 1.165) is 4.90 Å². The molecule has 1 aliphatic heterocycles. The normalized spacial score (nSPS) is 14.2. The van der Waals surface area contributed by atoms with Crippen LogP contribution in [0.4, 0.5) is 0 Å². The van der Waals surface area contributed by atoms with Crippen LogP contribution < -0.4 is 0 Å². The summed E-state index contributed by atoms with van der Waals surface area (Å²) >= 11 is 0. The third-order valence-electron chi connectivity index (χ3n) is 3.00. The molecule has 20 heavy (non-hydrogen) atoms. The number of benzene rings is 1. The molecule has 6 nitrogen and oxygen atoms in total. The second-order valence-electron chi connectivity index (χ2n) is 4.41. The van der Waals surface area contributed by atoms with Crippen LogP contribution in [0.5, 0.6) is 0 Å². The lowest BCUT2D eigenvalue weighted by Gasteiger charge is -2.13. The highest BCUT2D eigenvalue weighted by molar-refractivity contribution is 7.91. The quantitative estimate of drug-likeness (QED) is 0.741. The summed E-state index contributed by atoms with van der Waals surface area (Å²) in [7, 11) is -3.44. The van der Waals surface area contributed by atoms with Crippen molar-refractivity contribution in [3.8, 4) is 6.07 Å². The Morgan fingerprint density at radius 1 is 1.10 bits per heavy atom. The summed E-state index contributed by atoms with van der Waals surface area (Å²) in [6.07, 6.45) is 0.134. The zero-order valence-corrected chi connectivity index (χ0v) is 11.4. The lowest BCUT2D eigenvalue weighted by molar-refractivity contribution is 0.0654. The molecule has 1 aliphatic rings. The van der Waals surface area contributed by atoms with E-state index in [9.17, 15) is 18.0 Å². The van der Waals surface area contributed by atoms with Crippen molar-refractivity contribution in [1.82, 2.24) is 4.90 Å². The molecule has 0 saturated heterocycles. The molecule has 2 rings (SSSR count). The lowest BCUT2D eigenvalue weighted by Crippen LogP contribution is -2.31. The fraction of sp³-hybridized carbons (Fsp3) is 0.308. The second kappa shape index (κ2) is 5.43. The Morgan fingerprint density at radius 2 is 1.65 bits per heavy atom. The molecule has 0 unspecified atom stereocenters. The number of sulfone groups is 1. The van der Waals surface area contributed by atoms with E-state index in [2.05, 4.69) is 0 Å². The van der Waals surface area contributed by atoms with Crippen LogP contribution in [-0.2, 0) is 9.84 Å². The maximum Gasteiger partial charge on any atom is 0.261 e. The maximum absolute atomic E-state index is 12.0. The molecule has 7 heteroatoms. The van der Waals surface area contributed by atoms with E-state index in [1.165, 1.54) is 0 Å². The van der Waals surface area contributed by atoms with Crippen molar-refractivity contribution in [2.75, 3.05) is 18.1 Å². The van der Waals surface area contributed by atoms with Crippen LogP contribution in [0.1, 0.15) is 27.1 Å². The Labute approximate surface area is 116 Å². The molecule has 0 radical (unpaired) electrons. The van der Waals surface area contributed by atoms with E-state index < -0.39 is 27.4 Å². The first-order valence-electron chi connectivity index (χ1n) is 5.99. The van der Waals surface area contributed by atoms with Gasteiger partial charge in [-0.3, -0.25) is 14.5 Å². The number of hydrogen-bond acceptors (Lipinski definition) is 5. The van der Waals surface area contributed by atoms with Gasteiger partial charge in [0.15, 0.2) is 9.84 Å². The van der Waals surface area contributed by atoms with Gasteiger partial charge in [0.25, 0.3) is 11.8 Å². The summed E-state index contributed by atoms with van der Waals surface area (Å²) < 4.78 is 22.7. The first-order valence-corrected chi connectivity index (χ1v) is 7.81. The summed E-state index contributed by atoms with van der Waals surface area (Å²) in [5.41, 5.74) is 0.690. The molecule has 0 fully saturated rings. The Bertz CT molecular complexity index is 668. The van der Waals surface area contributed by atoms with Crippen molar-refractivity contribution in [1.29, 1.82) is 5.26 Å². The number of rotatable bonds is 5. The highest BCUT2D eigenvalue weighted by Gasteiger charge is 2.34. The number of hydrogen-bond donors (Lipinski definition) is 0. The third kappa shape index (κ3) is 2.70. The van der Waals surface area contributed by atoms with Crippen molar-refractivity contribution < 1.29 is 18.0 Å². The van der Waals surface area contributed by atoms with Gasteiger partial charge in [0, 0.05) is 6.54 Å². The number of fused-ring (bicyclic) bond motifs is 1. The third-order valence-corrected chi connectivity index (χ3v) is 4.48. The number of nitrogens with zero attached hydrogens (tertiary/aromatic N) is 2. The predicted octanol–water partition coefficient (Wildman–Crippen LogP) is 0.611. The van der Waals surface area contributed by atoms with Gasteiger partial charge < -0.3 is 0 Å². The van der Waals surface area contributed by atoms with E-state index in [0.29, 0.717) is 11.1 Å². The minimum atomic E-state index is -3.44. The minimum Gasteiger partial charge on any atom is -0.274 e. The highest BCUT2D eigenvalue weighted by Crippen LogP contribution is 2.22. The molecule has 1 heterocycles. The van der Waals surface area contributed by atoms with Gasteiger partial charge in [-0.05, 0) is 18.6 Å². The standard InChI is InChI=1S/C13H12N2O4S/c14-6-9-20(18,19)8-3-7-15-12(16)10-4-1-2-5-11(10)13(15)17/h1-2,4-5H,3,7-9H2. The Kier molecular flexibility index (Phi) is 3.86.